The second-order valence-electron chi connectivity index (χ2n) is 27.4. The summed E-state index contributed by atoms with van der Waals surface area (Å²) < 4.78 is 16.1. The minimum absolute atomic E-state index is 0.554. The zero-order valence-electron chi connectivity index (χ0n) is 68.4. The van der Waals surface area contributed by atoms with Crippen molar-refractivity contribution in [2.75, 3.05) is 39.6 Å². The van der Waals surface area contributed by atoms with E-state index in [1.165, 1.54) is 199 Å². The van der Waals surface area contributed by atoms with Crippen molar-refractivity contribution in [3.63, 3.8) is 0 Å². The predicted molar refractivity (Wildman–Crippen MR) is 412 cm³/mol. The van der Waals surface area contributed by atoms with Gasteiger partial charge in [-0.1, -0.05) is 356 Å². The van der Waals surface area contributed by atoms with Crippen molar-refractivity contribution >= 4 is 0 Å². The second kappa shape index (κ2) is 82.9. The molecule has 3 atom stereocenters. The third-order valence-electron chi connectivity index (χ3n) is 18.8. The van der Waals surface area contributed by atoms with E-state index in [9.17, 15) is 0 Å². The minimum Gasteiger partial charge on any atom is -0.381 e. The smallest absolute Gasteiger partial charge is 0.0598 e. The van der Waals surface area contributed by atoms with Crippen molar-refractivity contribution in [3.8, 4) is 0 Å². The molecule has 88 heavy (non-hydrogen) atoms. The summed E-state index contributed by atoms with van der Waals surface area (Å²) in [5.41, 5.74) is 0. The molecule has 4 saturated heterocycles. The lowest BCUT2D eigenvalue weighted by Crippen LogP contribution is -2.37. The van der Waals surface area contributed by atoms with E-state index in [0.717, 1.165) is 116 Å². The lowest BCUT2D eigenvalue weighted by Gasteiger charge is -2.26. The highest BCUT2D eigenvalue weighted by molar-refractivity contribution is 4.75. The van der Waals surface area contributed by atoms with Gasteiger partial charge in [0.2, 0.25) is 0 Å². The van der Waals surface area contributed by atoms with E-state index in [4.69, 9.17) is 14.2 Å². The summed E-state index contributed by atoms with van der Waals surface area (Å²) >= 11 is 0. The minimum atomic E-state index is 0.554. The molecule has 4 heterocycles. The molecule has 4 aliphatic heterocycles. The van der Waals surface area contributed by atoms with E-state index in [0.29, 0.717) is 12.0 Å². The lowest BCUT2D eigenvalue weighted by molar-refractivity contribution is -0.0115. The molecule has 0 amide bonds. The van der Waals surface area contributed by atoms with E-state index in [1.54, 1.807) is 0 Å². The first-order chi connectivity index (χ1) is 42.4. The third kappa shape index (κ3) is 67.3. The first-order valence-corrected chi connectivity index (χ1v) is 40.9. The Morgan fingerprint density at radius 3 is 0.682 bits per heavy atom. The zero-order chi connectivity index (χ0) is 69.5. The lowest BCUT2D eigenvalue weighted by atomic mass is 9.82. The molecule has 0 spiro atoms. The normalized spacial score (nSPS) is 21.2. The Balaban J connectivity index is -0.000000134. The number of ether oxygens (including phenoxy) is 3. The van der Waals surface area contributed by atoms with Crippen molar-refractivity contribution in [1.29, 1.82) is 0 Å². The number of nitrogens with one attached hydrogen (secondary N) is 1. The van der Waals surface area contributed by atoms with Crippen molar-refractivity contribution in [3.05, 3.63) is 0 Å². The highest BCUT2D eigenvalue weighted by Crippen LogP contribution is 2.32. The van der Waals surface area contributed by atoms with E-state index < -0.39 is 0 Å². The van der Waals surface area contributed by atoms with E-state index in [2.05, 4.69) is 116 Å². The Hall–Kier alpha value is -0.160. The van der Waals surface area contributed by atoms with E-state index >= 15 is 0 Å². The maximum absolute atomic E-state index is 5.54. The summed E-state index contributed by atoms with van der Waals surface area (Å²) in [4.78, 5) is 0. The van der Waals surface area contributed by atoms with Gasteiger partial charge in [0.05, 0.1) is 6.10 Å². The quantitative estimate of drug-likeness (QED) is 0.263. The zero-order valence-corrected chi connectivity index (χ0v) is 68.4. The molecule has 0 aromatic rings. The van der Waals surface area contributed by atoms with Gasteiger partial charge in [0.1, 0.15) is 0 Å². The fraction of sp³-hybridized carbons (Fsp3) is 1.00. The molecule has 0 bridgehead atoms. The third-order valence-corrected chi connectivity index (χ3v) is 18.8. The highest BCUT2D eigenvalue weighted by Gasteiger charge is 2.21. The van der Waals surface area contributed by atoms with Gasteiger partial charge in [0, 0.05) is 39.1 Å². The van der Waals surface area contributed by atoms with Crippen LogP contribution >= 0.6 is 0 Å². The Bertz CT molecular complexity index is 836. The van der Waals surface area contributed by atoms with Gasteiger partial charge in [0.25, 0.3) is 0 Å². The standard InChI is InChI=1S/4C9H18.C8H17N.3C8H16O.8C2H6/c4*1-8(2)9-6-4-3-5-7-9;1-7(2)8-5-3-4-6-9-8;1-7(2)8-3-5-9-6-4-8;1-7(2)8-4-3-5-9-6-8;1-7(2)8-5-3-4-6-9-8;8*1-2/h4*8-9H,3-7H2,1-2H3;7-9H,3-6H2,1-2H3;3*7-8H,3-6H2,1-2H3;8*1-2H3. The molecule has 0 aromatic carbocycles. The van der Waals surface area contributed by atoms with Gasteiger partial charge in [0.15, 0.2) is 0 Å². The Morgan fingerprint density at radius 1 is 0.227 bits per heavy atom. The summed E-state index contributed by atoms with van der Waals surface area (Å²) in [6.45, 7) is 75.3. The molecule has 3 unspecified atom stereocenters. The molecule has 4 saturated carbocycles. The molecular weight excluding hydrogens is 1070 g/mol. The molecule has 0 aromatic heterocycles. The van der Waals surface area contributed by atoms with Crippen LogP contribution in [0.4, 0.5) is 0 Å². The molecule has 4 heteroatoms. The SMILES string of the molecule is CC.CC.CC.CC.CC.CC.CC.CC.CC(C)C1CCCCC1.CC(C)C1CCCCC1.CC(C)C1CCCCC1.CC(C)C1CCCCC1.CC(C)C1CCCCN1.CC(C)C1CCCCO1.CC(C)C1CCCOC1.CC(C)C1CCOCC1. The monoisotopic (exact) mass is 1260 g/mol. The fourth-order valence-corrected chi connectivity index (χ4v) is 12.6. The van der Waals surface area contributed by atoms with Crippen LogP contribution in [0.15, 0.2) is 0 Å². The highest BCUT2D eigenvalue weighted by atomic mass is 16.5. The van der Waals surface area contributed by atoms with Gasteiger partial charge in [-0.25, -0.2) is 0 Å². The van der Waals surface area contributed by atoms with Gasteiger partial charge in [-0.2, -0.15) is 0 Å². The second-order valence-corrected chi connectivity index (χ2v) is 27.4. The van der Waals surface area contributed by atoms with Gasteiger partial charge < -0.3 is 19.5 Å². The number of piperidine rings is 1. The van der Waals surface area contributed by atoms with Crippen molar-refractivity contribution < 1.29 is 14.2 Å². The molecule has 4 aliphatic carbocycles. The summed E-state index contributed by atoms with van der Waals surface area (Å²) in [5, 5.41) is 3.52. The van der Waals surface area contributed by atoms with Gasteiger partial charge in [-0.05, 0) is 147 Å². The van der Waals surface area contributed by atoms with Crippen LogP contribution in [0, 0.1) is 82.9 Å². The molecular formula is C84H185NO3. The summed E-state index contributed by atoms with van der Waals surface area (Å²) in [6.07, 6.45) is 43.7. The predicted octanol–water partition coefficient (Wildman–Crippen LogP) is 29.2. The van der Waals surface area contributed by atoms with Crippen LogP contribution in [-0.4, -0.2) is 51.7 Å². The summed E-state index contributed by atoms with van der Waals surface area (Å²) in [7, 11) is 0. The van der Waals surface area contributed by atoms with Crippen LogP contribution in [0.1, 0.15) is 414 Å². The van der Waals surface area contributed by atoms with Crippen LogP contribution in [0.5, 0.6) is 0 Å². The van der Waals surface area contributed by atoms with Gasteiger partial charge in [-0.15, -0.1) is 0 Å². The van der Waals surface area contributed by atoms with Crippen molar-refractivity contribution in [1.82, 2.24) is 5.32 Å². The number of hydrogen-bond acceptors (Lipinski definition) is 4. The van der Waals surface area contributed by atoms with E-state index in [1.807, 2.05) is 111 Å². The molecule has 8 rings (SSSR count). The van der Waals surface area contributed by atoms with Crippen LogP contribution in [0.25, 0.3) is 0 Å². The van der Waals surface area contributed by atoms with Crippen LogP contribution in [-0.2, 0) is 14.2 Å². The number of rotatable bonds is 8. The van der Waals surface area contributed by atoms with Crippen LogP contribution in [0.2, 0.25) is 0 Å². The molecule has 544 valence electrons. The van der Waals surface area contributed by atoms with Crippen molar-refractivity contribution in [2.24, 2.45) is 82.9 Å². The van der Waals surface area contributed by atoms with E-state index in [-0.39, 0.29) is 0 Å². The Kier molecular flexibility index (Phi) is 97.9. The van der Waals surface area contributed by atoms with Crippen LogP contribution < -0.4 is 5.32 Å². The molecule has 8 aliphatic rings. The van der Waals surface area contributed by atoms with Crippen molar-refractivity contribution in [2.45, 2.75) is 426 Å². The van der Waals surface area contributed by atoms with Crippen LogP contribution in [0.3, 0.4) is 0 Å². The molecule has 8 fully saturated rings. The largest absolute Gasteiger partial charge is 0.381 e. The molecule has 0 radical (unpaired) electrons. The maximum Gasteiger partial charge on any atom is 0.0598 e. The number of hydrogen-bond donors (Lipinski definition) is 1. The fourth-order valence-electron chi connectivity index (χ4n) is 12.6. The summed E-state index contributed by atoms with van der Waals surface area (Å²) in [6, 6.07) is 0.804. The molecule has 1 N–H and O–H groups in total. The van der Waals surface area contributed by atoms with Gasteiger partial charge >= 0.3 is 0 Å². The van der Waals surface area contributed by atoms with Gasteiger partial charge in [-0.3, -0.25) is 0 Å². The average molecular weight is 1260 g/mol. The Labute approximate surface area is 565 Å². The Morgan fingerprint density at radius 2 is 0.511 bits per heavy atom. The average Bonchev–Trinajstić information content (AvgIpc) is 3.61. The first-order valence-electron chi connectivity index (χ1n) is 40.9. The topological polar surface area (TPSA) is 39.7 Å². The molecule has 4 nitrogen and oxygen atoms in total. The summed E-state index contributed by atoms with van der Waals surface area (Å²) in [5.74, 6) is 12.9. The maximum atomic E-state index is 5.54. The first kappa shape index (κ1) is 104.